The molecule has 6 nitrogen and oxygen atoms in total. The van der Waals surface area contributed by atoms with E-state index in [2.05, 4.69) is 20.5 Å². The maximum absolute atomic E-state index is 12.0. The van der Waals surface area contributed by atoms with Crippen LogP contribution in [0.15, 0.2) is 60.1 Å². The van der Waals surface area contributed by atoms with Gasteiger partial charge >= 0.3 is 0 Å². The van der Waals surface area contributed by atoms with Gasteiger partial charge in [0.05, 0.1) is 11.4 Å². The molecule has 2 heterocycles. The first-order chi connectivity index (χ1) is 11.2. The third-order valence-electron chi connectivity index (χ3n) is 2.87. The van der Waals surface area contributed by atoms with Gasteiger partial charge in [0.2, 0.25) is 5.91 Å². The minimum Gasteiger partial charge on any atom is -0.310 e. The summed E-state index contributed by atoms with van der Waals surface area (Å²) in [6, 6.07) is 12.7. The molecule has 1 amide bonds. The summed E-state index contributed by atoms with van der Waals surface area (Å²) in [5, 5.41) is 11.9. The van der Waals surface area contributed by atoms with E-state index in [9.17, 15) is 4.79 Å². The lowest BCUT2D eigenvalue weighted by Gasteiger charge is -2.07. The summed E-state index contributed by atoms with van der Waals surface area (Å²) >= 11 is 7.29. The molecule has 2 aromatic heterocycles. The molecule has 0 atom stereocenters. The van der Waals surface area contributed by atoms with Crippen LogP contribution < -0.4 is 5.32 Å². The molecule has 0 aliphatic rings. The predicted molar refractivity (Wildman–Crippen MR) is 90.0 cm³/mol. The highest BCUT2D eigenvalue weighted by atomic mass is 35.5. The van der Waals surface area contributed by atoms with E-state index < -0.39 is 0 Å². The smallest absolute Gasteiger partial charge is 0.236 e. The number of thioether (sulfide) groups is 1. The number of nitrogens with one attached hydrogen (secondary N) is 1. The van der Waals surface area contributed by atoms with Gasteiger partial charge in [0.25, 0.3) is 0 Å². The van der Waals surface area contributed by atoms with Crippen molar-refractivity contribution in [2.45, 2.75) is 5.16 Å². The third-order valence-corrected chi connectivity index (χ3v) is 4.05. The molecule has 0 radical (unpaired) electrons. The maximum Gasteiger partial charge on any atom is 0.236 e. The quantitative estimate of drug-likeness (QED) is 0.719. The fourth-order valence-electron chi connectivity index (χ4n) is 1.87. The monoisotopic (exact) mass is 345 g/mol. The molecule has 0 bridgehead atoms. The van der Waals surface area contributed by atoms with Crippen molar-refractivity contribution in [3.63, 3.8) is 0 Å². The number of anilines is 1. The lowest BCUT2D eigenvalue weighted by atomic mass is 10.3. The summed E-state index contributed by atoms with van der Waals surface area (Å²) in [5.41, 5.74) is 0.843. The van der Waals surface area contributed by atoms with Crippen molar-refractivity contribution >= 4 is 35.1 Å². The number of carbonyl (C=O) groups excluding carboxylic acids is 1. The molecule has 0 saturated carbocycles. The normalized spacial score (nSPS) is 10.5. The summed E-state index contributed by atoms with van der Waals surface area (Å²) in [7, 11) is 0. The van der Waals surface area contributed by atoms with Crippen molar-refractivity contribution in [3.05, 3.63) is 60.0 Å². The van der Waals surface area contributed by atoms with Crippen molar-refractivity contribution in [2.75, 3.05) is 11.1 Å². The van der Waals surface area contributed by atoms with Crippen LogP contribution in [0, 0.1) is 0 Å². The minimum atomic E-state index is -0.158. The zero-order valence-corrected chi connectivity index (χ0v) is 13.5. The molecule has 23 heavy (non-hydrogen) atoms. The van der Waals surface area contributed by atoms with Crippen LogP contribution in [-0.2, 0) is 4.79 Å². The molecular formula is C15H12ClN5OS. The Morgan fingerprint density at radius 3 is 2.96 bits per heavy atom. The minimum absolute atomic E-state index is 0.158. The Balaban J connectivity index is 1.65. The largest absolute Gasteiger partial charge is 0.310 e. The Morgan fingerprint density at radius 2 is 2.17 bits per heavy atom. The first-order valence-electron chi connectivity index (χ1n) is 6.72. The number of aromatic nitrogens is 4. The third kappa shape index (κ3) is 4.08. The highest BCUT2D eigenvalue weighted by Crippen LogP contribution is 2.21. The van der Waals surface area contributed by atoms with Gasteiger partial charge in [-0.05, 0) is 30.3 Å². The first-order valence-corrected chi connectivity index (χ1v) is 8.08. The first kappa shape index (κ1) is 15.5. The molecule has 3 aromatic rings. The van der Waals surface area contributed by atoms with Crippen LogP contribution in [0.5, 0.6) is 0 Å². The van der Waals surface area contributed by atoms with Gasteiger partial charge in [-0.25, -0.2) is 4.98 Å². The zero-order chi connectivity index (χ0) is 16.1. The number of hydrogen-bond acceptors (Lipinski definition) is 5. The number of nitrogens with zero attached hydrogens (tertiary/aromatic N) is 4. The molecule has 116 valence electrons. The standard InChI is InChI=1S/C15H12ClN5OS/c16-11-4-3-5-12(8-11)21-10-18-20-15(21)23-9-14(22)19-13-6-1-2-7-17-13/h1-8,10H,9H2,(H,17,19,22). The van der Waals surface area contributed by atoms with Crippen LogP contribution in [0.1, 0.15) is 0 Å². The van der Waals surface area contributed by atoms with Gasteiger partial charge in [0, 0.05) is 11.2 Å². The van der Waals surface area contributed by atoms with Gasteiger partial charge < -0.3 is 5.32 Å². The topological polar surface area (TPSA) is 72.7 Å². The van der Waals surface area contributed by atoms with Crippen LogP contribution in [0.2, 0.25) is 5.02 Å². The Hall–Kier alpha value is -2.38. The van der Waals surface area contributed by atoms with E-state index in [1.165, 1.54) is 11.8 Å². The van der Waals surface area contributed by atoms with Gasteiger partial charge in [0.15, 0.2) is 5.16 Å². The van der Waals surface area contributed by atoms with Gasteiger partial charge in [-0.2, -0.15) is 0 Å². The van der Waals surface area contributed by atoms with Crippen molar-refractivity contribution < 1.29 is 4.79 Å². The lowest BCUT2D eigenvalue weighted by molar-refractivity contribution is -0.113. The fraction of sp³-hybridized carbons (Fsp3) is 0.0667. The SMILES string of the molecule is O=C(CSc1nncn1-c1cccc(Cl)c1)Nc1ccccn1. The molecule has 0 fully saturated rings. The van der Waals surface area contributed by atoms with Crippen molar-refractivity contribution in [2.24, 2.45) is 0 Å². The number of hydrogen-bond donors (Lipinski definition) is 1. The van der Waals surface area contributed by atoms with E-state index in [4.69, 9.17) is 11.6 Å². The lowest BCUT2D eigenvalue weighted by Crippen LogP contribution is -2.15. The molecule has 1 aromatic carbocycles. The van der Waals surface area contributed by atoms with E-state index in [1.807, 2.05) is 24.3 Å². The Labute approximate surface area is 141 Å². The molecule has 0 saturated heterocycles. The Bertz CT molecular complexity index is 808. The maximum atomic E-state index is 12.0. The molecule has 0 aliphatic heterocycles. The van der Waals surface area contributed by atoms with Gasteiger partial charge in [-0.1, -0.05) is 35.5 Å². The molecular weight excluding hydrogens is 334 g/mol. The second kappa shape index (κ2) is 7.26. The highest BCUT2D eigenvalue weighted by Gasteiger charge is 2.10. The van der Waals surface area contributed by atoms with Gasteiger partial charge in [-0.15, -0.1) is 10.2 Å². The Morgan fingerprint density at radius 1 is 1.26 bits per heavy atom. The van der Waals surface area contributed by atoms with E-state index in [-0.39, 0.29) is 11.7 Å². The molecule has 3 rings (SSSR count). The summed E-state index contributed by atoms with van der Waals surface area (Å²) in [6.07, 6.45) is 3.21. The number of carbonyl (C=O) groups is 1. The predicted octanol–water partition coefficient (Wildman–Crippen LogP) is 3.05. The average molecular weight is 346 g/mol. The second-order valence-electron chi connectivity index (χ2n) is 4.52. The van der Waals surface area contributed by atoms with Crippen molar-refractivity contribution in [3.8, 4) is 5.69 Å². The van der Waals surface area contributed by atoms with Crippen molar-refractivity contribution in [1.82, 2.24) is 19.7 Å². The van der Waals surface area contributed by atoms with Crippen molar-refractivity contribution in [1.29, 1.82) is 0 Å². The molecule has 0 spiro atoms. The van der Waals surface area contributed by atoms with E-state index in [1.54, 1.807) is 35.3 Å². The van der Waals surface area contributed by atoms with E-state index >= 15 is 0 Å². The number of pyridine rings is 1. The van der Waals surface area contributed by atoms with Crippen LogP contribution in [0.3, 0.4) is 0 Å². The fourth-order valence-corrected chi connectivity index (χ4v) is 2.79. The summed E-state index contributed by atoms with van der Waals surface area (Å²) < 4.78 is 1.78. The second-order valence-corrected chi connectivity index (χ2v) is 5.89. The van der Waals surface area contributed by atoms with Crippen LogP contribution in [-0.4, -0.2) is 31.4 Å². The summed E-state index contributed by atoms with van der Waals surface area (Å²) in [4.78, 5) is 16.0. The number of halogens is 1. The van der Waals surface area contributed by atoms with Crippen LogP contribution in [0.25, 0.3) is 5.69 Å². The number of benzene rings is 1. The zero-order valence-electron chi connectivity index (χ0n) is 11.9. The molecule has 8 heteroatoms. The summed E-state index contributed by atoms with van der Waals surface area (Å²) in [6.45, 7) is 0. The number of rotatable bonds is 5. The summed E-state index contributed by atoms with van der Waals surface area (Å²) in [5.74, 6) is 0.569. The average Bonchev–Trinajstić information content (AvgIpc) is 3.02. The number of amides is 1. The Kier molecular flexibility index (Phi) is 4.89. The molecule has 0 aliphatic carbocycles. The highest BCUT2D eigenvalue weighted by molar-refractivity contribution is 7.99. The van der Waals surface area contributed by atoms with Gasteiger partial charge in [0.1, 0.15) is 12.1 Å². The van der Waals surface area contributed by atoms with E-state index in [0.717, 1.165) is 5.69 Å². The van der Waals surface area contributed by atoms with Crippen LogP contribution >= 0.6 is 23.4 Å². The molecule has 1 N–H and O–H groups in total. The van der Waals surface area contributed by atoms with Gasteiger partial charge in [-0.3, -0.25) is 9.36 Å². The van der Waals surface area contributed by atoms with E-state index in [0.29, 0.717) is 16.0 Å². The molecule has 0 unspecified atom stereocenters. The van der Waals surface area contributed by atoms with Crippen LogP contribution in [0.4, 0.5) is 5.82 Å².